The van der Waals surface area contributed by atoms with Gasteiger partial charge in [0.25, 0.3) is 0 Å². The van der Waals surface area contributed by atoms with Crippen LogP contribution in [0.1, 0.15) is 31.7 Å². The molecule has 0 radical (unpaired) electrons. The van der Waals surface area contributed by atoms with Crippen molar-refractivity contribution < 1.29 is 23.1 Å². The fourth-order valence-corrected chi connectivity index (χ4v) is 3.38. The molecule has 1 aromatic carbocycles. The molecule has 6 nitrogen and oxygen atoms in total. The van der Waals surface area contributed by atoms with Crippen LogP contribution < -0.4 is 4.72 Å². The SMILES string of the molecule is CCCCC(NS(=O)(=O)c1ccccc1COC)C(=O)O. The maximum absolute atomic E-state index is 12.4. The molecule has 0 saturated carbocycles. The van der Waals surface area contributed by atoms with Gasteiger partial charge in [-0.25, -0.2) is 8.42 Å². The zero-order chi connectivity index (χ0) is 15.9. The van der Waals surface area contributed by atoms with Crippen molar-refractivity contribution in [3.05, 3.63) is 29.8 Å². The largest absolute Gasteiger partial charge is 0.480 e. The van der Waals surface area contributed by atoms with Gasteiger partial charge >= 0.3 is 5.97 Å². The number of methoxy groups -OCH3 is 1. The molecular weight excluding hydrogens is 294 g/mol. The second-order valence-corrected chi connectivity index (χ2v) is 6.38. The first kappa shape index (κ1) is 17.6. The Bertz CT molecular complexity index is 570. The van der Waals surface area contributed by atoms with Crippen molar-refractivity contribution in [2.24, 2.45) is 0 Å². The molecule has 0 saturated heterocycles. The van der Waals surface area contributed by atoms with Crippen LogP contribution in [0.2, 0.25) is 0 Å². The Balaban J connectivity index is 3.02. The van der Waals surface area contributed by atoms with Gasteiger partial charge in [0.05, 0.1) is 11.5 Å². The van der Waals surface area contributed by atoms with Crippen LogP contribution in [0.4, 0.5) is 0 Å². The summed E-state index contributed by atoms with van der Waals surface area (Å²) in [7, 11) is -2.43. The number of carboxylic acids is 1. The first-order chi connectivity index (χ1) is 9.92. The highest BCUT2D eigenvalue weighted by Gasteiger charge is 2.26. The number of ether oxygens (including phenoxy) is 1. The number of rotatable bonds is 9. The van der Waals surface area contributed by atoms with Crippen LogP contribution in [-0.4, -0.2) is 32.6 Å². The van der Waals surface area contributed by atoms with Crippen molar-refractivity contribution in [2.45, 2.75) is 43.7 Å². The Kier molecular flexibility index (Phi) is 6.80. The van der Waals surface area contributed by atoms with E-state index in [4.69, 9.17) is 9.84 Å². The Morgan fingerprint density at radius 3 is 2.62 bits per heavy atom. The number of carboxylic acid groups (broad SMARTS) is 1. The van der Waals surface area contributed by atoms with E-state index in [2.05, 4.69) is 4.72 Å². The maximum atomic E-state index is 12.4. The smallest absolute Gasteiger partial charge is 0.321 e. The van der Waals surface area contributed by atoms with Crippen LogP contribution in [0.25, 0.3) is 0 Å². The molecule has 0 fully saturated rings. The number of sulfonamides is 1. The number of aliphatic carboxylic acids is 1. The second-order valence-electron chi connectivity index (χ2n) is 4.70. The molecule has 2 N–H and O–H groups in total. The molecule has 1 aromatic rings. The molecule has 0 bridgehead atoms. The van der Waals surface area contributed by atoms with E-state index in [1.54, 1.807) is 18.2 Å². The van der Waals surface area contributed by atoms with Gasteiger partial charge in [-0.15, -0.1) is 0 Å². The van der Waals surface area contributed by atoms with Crippen LogP contribution in [-0.2, 0) is 26.2 Å². The van der Waals surface area contributed by atoms with Crippen molar-refractivity contribution >= 4 is 16.0 Å². The van der Waals surface area contributed by atoms with Crippen LogP contribution in [0.5, 0.6) is 0 Å². The molecule has 0 amide bonds. The summed E-state index contributed by atoms with van der Waals surface area (Å²) in [6.45, 7) is 2.06. The Morgan fingerprint density at radius 2 is 2.05 bits per heavy atom. The second kappa shape index (κ2) is 8.11. The first-order valence-electron chi connectivity index (χ1n) is 6.74. The molecule has 118 valence electrons. The lowest BCUT2D eigenvalue weighted by Gasteiger charge is -2.16. The van der Waals surface area contributed by atoms with Crippen molar-refractivity contribution in [2.75, 3.05) is 7.11 Å². The molecular formula is C14H21NO5S. The molecule has 0 aliphatic carbocycles. The molecule has 0 aliphatic rings. The molecule has 1 atom stereocenters. The lowest BCUT2D eigenvalue weighted by Crippen LogP contribution is -2.40. The van der Waals surface area contributed by atoms with E-state index < -0.39 is 22.0 Å². The van der Waals surface area contributed by atoms with Crippen molar-refractivity contribution in [3.8, 4) is 0 Å². The highest BCUT2D eigenvalue weighted by atomic mass is 32.2. The van der Waals surface area contributed by atoms with E-state index >= 15 is 0 Å². The van der Waals surface area contributed by atoms with Gasteiger partial charge in [0.2, 0.25) is 10.0 Å². The van der Waals surface area contributed by atoms with E-state index in [1.807, 2.05) is 6.92 Å². The third-order valence-electron chi connectivity index (χ3n) is 3.00. The number of benzene rings is 1. The van der Waals surface area contributed by atoms with Crippen LogP contribution in [0.3, 0.4) is 0 Å². The highest BCUT2D eigenvalue weighted by molar-refractivity contribution is 7.89. The third-order valence-corrected chi connectivity index (χ3v) is 4.58. The number of unbranched alkanes of at least 4 members (excludes halogenated alkanes) is 1. The molecule has 1 rings (SSSR count). The summed E-state index contributed by atoms with van der Waals surface area (Å²) < 4.78 is 32.0. The minimum Gasteiger partial charge on any atom is -0.480 e. The minimum atomic E-state index is -3.90. The summed E-state index contributed by atoms with van der Waals surface area (Å²) in [5.41, 5.74) is 0.493. The van der Waals surface area contributed by atoms with Crippen molar-refractivity contribution in [1.82, 2.24) is 4.72 Å². The van der Waals surface area contributed by atoms with Gasteiger partial charge in [-0.2, -0.15) is 4.72 Å². The van der Waals surface area contributed by atoms with Gasteiger partial charge in [-0.05, 0) is 18.1 Å². The van der Waals surface area contributed by atoms with E-state index in [0.29, 0.717) is 12.0 Å². The average molecular weight is 315 g/mol. The fourth-order valence-electron chi connectivity index (χ4n) is 1.93. The Hall–Kier alpha value is -1.44. The molecule has 0 spiro atoms. The zero-order valence-corrected chi connectivity index (χ0v) is 13.0. The Labute approximate surface area is 125 Å². The van der Waals surface area contributed by atoms with Gasteiger partial charge in [0, 0.05) is 7.11 Å². The van der Waals surface area contributed by atoms with Gasteiger partial charge < -0.3 is 9.84 Å². The first-order valence-corrected chi connectivity index (χ1v) is 8.22. The summed E-state index contributed by atoms with van der Waals surface area (Å²) in [6.07, 6.45) is 1.70. The van der Waals surface area contributed by atoms with Crippen molar-refractivity contribution in [1.29, 1.82) is 0 Å². The predicted octanol–water partition coefficient (Wildman–Crippen LogP) is 1.75. The molecule has 7 heteroatoms. The normalized spacial score (nSPS) is 13.0. The number of nitrogens with one attached hydrogen (secondary N) is 1. The summed E-state index contributed by atoms with van der Waals surface area (Å²) in [6, 6.07) is 5.26. The van der Waals surface area contributed by atoms with Crippen LogP contribution in [0.15, 0.2) is 29.2 Å². The monoisotopic (exact) mass is 315 g/mol. The summed E-state index contributed by atoms with van der Waals surface area (Å²) in [5, 5.41) is 9.13. The standard InChI is InChI=1S/C14H21NO5S/c1-3-4-8-12(14(16)17)15-21(18,19)13-9-6-5-7-11(13)10-20-2/h5-7,9,12,15H,3-4,8,10H2,1-2H3,(H,16,17). The predicted molar refractivity (Wildman–Crippen MR) is 78.4 cm³/mol. The zero-order valence-electron chi connectivity index (χ0n) is 12.2. The summed E-state index contributed by atoms with van der Waals surface area (Å²) in [4.78, 5) is 11.2. The van der Waals surface area contributed by atoms with Crippen molar-refractivity contribution in [3.63, 3.8) is 0 Å². The van der Waals surface area contributed by atoms with Gasteiger partial charge in [0.15, 0.2) is 0 Å². The number of carbonyl (C=O) groups is 1. The van der Waals surface area contributed by atoms with E-state index in [9.17, 15) is 13.2 Å². The Morgan fingerprint density at radius 1 is 1.38 bits per heavy atom. The third kappa shape index (κ3) is 5.11. The van der Waals surface area contributed by atoms with Gasteiger partial charge in [-0.3, -0.25) is 4.79 Å². The fraction of sp³-hybridized carbons (Fsp3) is 0.500. The highest BCUT2D eigenvalue weighted by Crippen LogP contribution is 2.17. The van der Waals surface area contributed by atoms with E-state index in [0.717, 1.165) is 6.42 Å². The van der Waals surface area contributed by atoms with Crippen LogP contribution in [0, 0.1) is 0 Å². The molecule has 0 heterocycles. The van der Waals surface area contributed by atoms with Gasteiger partial charge in [0.1, 0.15) is 6.04 Å². The van der Waals surface area contributed by atoms with Crippen LogP contribution >= 0.6 is 0 Å². The van der Waals surface area contributed by atoms with Gasteiger partial charge in [-0.1, -0.05) is 38.0 Å². The lowest BCUT2D eigenvalue weighted by atomic mass is 10.1. The molecule has 21 heavy (non-hydrogen) atoms. The van der Waals surface area contributed by atoms with E-state index in [-0.39, 0.29) is 17.9 Å². The number of hydrogen-bond donors (Lipinski definition) is 2. The summed E-state index contributed by atoms with van der Waals surface area (Å²) >= 11 is 0. The van der Waals surface area contributed by atoms with E-state index in [1.165, 1.54) is 13.2 Å². The molecule has 0 aliphatic heterocycles. The quantitative estimate of drug-likeness (QED) is 0.724. The molecule has 1 unspecified atom stereocenters. The topological polar surface area (TPSA) is 92.7 Å². The molecule has 0 aromatic heterocycles. The summed E-state index contributed by atoms with van der Waals surface area (Å²) in [5.74, 6) is -1.17. The maximum Gasteiger partial charge on any atom is 0.321 e. The lowest BCUT2D eigenvalue weighted by molar-refractivity contribution is -0.139. The minimum absolute atomic E-state index is 0.0506. The average Bonchev–Trinajstić information content (AvgIpc) is 2.44. The number of hydrogen-bond acceptors (Lipinski definition) is 4.